The zero-order valence-corrected chi connectivity index (χ0v) is 11.8. The number of likely N-dealkylation sites (N-methyl/N-ethyl adjacent to an activating group) is 1. The molecule has 0 aliphatic carbocycles. The Labute approximate surface area is 111 Å². The Morgan fingerprint density at radius 2 is 1.88 bits per heavy atom. The van der Waals surface area contributed by atoms with Crippen molar-refractivity contribution in [3.05, 3.63) is 29.3 Å². The molecular weight excluding hydrogens is 280 g/mol. The minimum absolute atomic E-state index is 0.130. The van der Waals surface area contributed by atoms with Crippen LogP contribution >= 0.6 is 23.8 Å². The number of hydrogen-bond acceptors (Lipinski definition) is 3. The summed E-state index contributed by atoms with van der Waals surface area (Å²) in [5.74, 6) is 0. The molecule has 0 radical (unpaired) electrons. The van der Waals surface area contributed by atoms with Gasteiger partial charge in [0.1, 0.15) is 0 Å². The van der Waals surface area contributed by atoms with E-state index >= 15 is 0 Å². The highest BCUT2D eigenvalue weighted by atomic mass is 35.5. The summed E-state index contributed by atoms with van der Waals surface area (Å²) in [6.45, 7) is 1.63. The summed E-state index contributed by atoms with van der Waals surface area (Å²) >= 11 is 10.5. The summed E-state index contributed by atoms with van der Waals surface area (Å²) < 4.78 is 25.5. The molecule has 0 saturated heterocycles. The zero-order valence-electron chi connectivity index (χ0n) is 9.42. The molecule has 4 nitrogen and oxygen atoms in total. The number of nitrogens with zero attached hydrogens (tertiary/aromatic N) is 1. The molecule has 1 aromatic carbocycles. The molecular formula is C10H13ClN2O2S2. The van der Waals surface area contributed by atoms with Gasteiger partial charge in [0.25, 0.3) is 0 Å². The van der Waals surface area contributed by atoms with E-state index in [-0.39, 0.29) is 9.88 Å². The molecule has 0 amide bonds. The number of nitrogens with two attached hydrogens (primary N) is 1. The molecule has 17 heavy (non-hydrogen) atoms. The Bertz CT molecular complexity index is 514. The van der Waals surface area contributed by atoms with E-state index < -0.39 is 16.1 Å². The summed E-state index contributed by atoms with van der Waals surface area (Å²) in [5.41, 5.74) is 5.44. The Hall–Kier alpha value is -0.690. The van der Waals surface area contributed by atoms with Crippen molar-refractivity contribution in [1.29, 1.82) is 0 Å². The third-order valence-corrected chi connectivity index (χ3v) is 4.98. The van der Waals surface area contributed by atoms with Crippen LogP contribution in [0.1, 0.15) is 6.92 Å². The predicted molar refractivity (Wildman–Crippen MR) is 72.6 cm³/mol. The lowest BCUT2D eigenvalue weighted by atomic mass is 10.3. The first kappa shape index (κ1) is 14.4. The third kappa shape index (κ3) is 3.16. The predicted octanol–water partition coefficient (Wildman–Crippen LogP) is 1.64. The van der Waals surface area contributed by atoms with Crippen LogP contribution in [0, 0.1) is 0 Å². The summed E-state index contributed by atoms with van der Waals surface area (Å²) in [5, 5.41) is 0.481. The van der Waals surface area contributed by atoms with E-state index in [4.69, 9.17) is 29.6 Å². The fraction of sp³-hybridized carbons (Fsp3) is 0.300. The monoisotopic (exact) mass is 292 g/mol. The van der Waals surface area contributed by atoms with Crippen LogP contribution in [0.25, 0.3) is 0 Å². The van der Waals surface area contributed by atoms with Gasteiger partial charge in [-0.25, -0.2) is 8.42 Å². The molecule has 94 valence electrons. The number of rotatable bonds is 4. The molecule has 0 saturated carbocycles. The van der Waals surface area contributed by atoms with E-state index in [9.17, 15) is 8.42 Å². The molecule has 0 aliphatic heterocycles. The van der Waals surface area contributed by atoms with E-state index in [0.717, 1.165) is 4.31 Å². The smallest absolute Gasteiger partial charge is 0.243 e. The minimum atomic E-state index is -3.59. The van der Waals surface area contributed by atoms with Gasteiger partial charge in [0, 0.05) is 12.1 Å². The molecule has 0 spiro atoms. The molecule has 0 aliphatic rings. The van der Waals surface area contributed by atoms with E-state index in [2.05, 4.69) is 0 Å². The summed E-state index contributed by atoms with van der Waals surface area (Å²) in [6.07, 6.45) is 0. The standard InChI is InChI=1S/C10H13ClN2O2S2/c1-7(10(12)16)13(2)17(14,15)9-5-3-8(11)4-6-9/h3-7H,1-2H3,(H2,12,16). The molecule has 0 bridgehead atoms. The van der Waals surface area contributed by atoms with Crippen molar-refractivity contribution in [2.24, 2.45) is 5.73 Å². The fourth-order valence-electron chi connectivity index (χ4n) is 1.16. The molecule has 1 unspecified atom stereocenters. The highest BCUT2D eigenvalue weighted by Gasteiger charge is 2.26. The van der Waals surface area contributed by atoms with E-state index in [1.807, 2.05) is 0 Å². The number of thiocarbonyl (C=S) groups is 1. The minimum Gasteiger partial charge on any atom is -0.392 e. The lowest BCUT2D eigenvalue weighted by molar-refractivity contribution is 0.451. The number of hydrogen-bond donors (Lipinski definition) is 1. The van der Waals surface area contributed by atoms with Gasteiger partial charge in [-0.1, -0.05) is 23.8 Å². The van der Waals surface area contributed by atoms with Gasteiger partial charge in [0.15, 0.2) is 0 Å². The van der Waals surface area contributed by atoms with Crippen molar-refractivity contribution in [1.82, 2.24) is 4.31 Å². The average molecular weight is 293 g/mol. The van der Waals surface area contributed by atoms with Crippen LogP contribution in [0.2, 0.25) is 5.02 Å². The molecule has 0 heterocycles. The first-order chi connectivity index (χ1) is 7.76. The SMILES string of the molecule is CC(C(N)=S)N(C)S(=O)(=O)c1ccc(Cl)cc1. The van der Waals surface area contributed by atoms with Crippen molar-refractivity contribution in [3.8, 4) is 0 Å². The molecule has 2 N–H and O–H groups in total. The van der Waals surface area contributed by atoms with Gasteiger partial charge in [-0.3, -0.25) is 0 Å². The highest BCUT2D eigenvalue weighted by Crippen LogP contribution is 2.19. The number of sulfonamides is 1. The second-order valence-electron chi connectivity index (χ2n) is 3.55. The van der Waals surface area contributed by atoms with Gasteiger partial charge in [0.05, 0.1) is 15.9 Å². The molecule has 1 atom stereocenters. The Kier molecular flexibility index (Phi) is 4.48. The van der Waals surface area contributed by atoms with Crippen LogP contribution < -0.4 is 5.73 Å². The van der Waals surface area contributed by atoms with Crippen LogP contribution in [0.4, 0.5) is 0 Å². The lowest BCUT2D eigenvalue weighted by Crippen LogP contribution is -2.42. The molecule has 1 rings (SSSR count). The largest absolute Gasteiger partial charge is 0.392 e. The molecule has 0 aromatic heterocycles. The number of benzene rings is 1. The number of halogens is 1. The second-order valence-corrected chi connectivity index (χ2v) is 6.46. The Morgan fingerprint density at radius 1 is 1.41 bits per heavy atom. The van der Waals surface area contributed by atoms with Crippen molar-refractivity contribution in [2.45, 2.75) is 17.9 Å². The van der Waals surface area contributed by atoms with Gasteiger partial charge in [-0.15, -0.1) is 0 Å². The zero-order chi connectivity index (χ0) is 13.2. The van der Waals surface area contributed by atoms with Gasteiger partial charge >= 0.3 is 0 Å². The maximum atomic E-state index is 12.2. The van der Waals surface area contributed by atoms with Crippen LogP contribution in [0.5, 0.6) is 0 Å². The Balaban J connectivity index is 3.11. The fourth-order valence-corrected chi connectivity index (χ4v) is 2.85. The van der Waals surface area contributed by atoms with Gasteiger partial charge in [-0.05, 0) is 31.2 Å². The van der Waals surface area contributed by atoms with Crippen molar-refractivity contribution < 1.29 is 8.42 Å². The van der Waals surface area contributed by atoms with E-state index in [1.165, 1.54) is 31.3 Å². The van der Waals surface area contributed by atoms with Gasteiger partial charge < -0.3 is 5.73 Å². The first-order valence-corrected chi connectivity index (χ1v) is 7.02. The van der Waals surface area contributed by atoms with Gasteiger partial charge in [0.2, 0.25) is 10.0 Å². The van der Waals surface area contributed by atoms with Crippen molar-refractivity contribution >= 4 is 38.8 Å². The van der Waals surface area contributed by atoms with Crippen LogP contribution in [-0.2, 0) is 10.0 Å². The topological polar surface area (TPSA) is 63.4 Å². The normalized spacial score (nSPS) is 13.6. The van der Waals surface area contributed by atoms with E-state index in [1.54, 1.807) is 6.92 Å². The highest BCUT2D eigenvalue weighted by molar-refractivity contribution is 7.89. The van der Waals surface area contributed by atoms with Crippen LogP contribution in [0.3, 0.4) is 0 Å². The quantitative estimate of drug-likeness (QED) is 0.857. The van der Waals surface area contributed by atoms with Crippen LogP contribution in [-0.4, -0.2) is 30.8 Å². The average Bonchev–Trinajstić information content (AvgIpc) is 2.27. The maximum absolute atomic E-state index is 12.2. The first-order valence-electron chi connectivity index (χ1n) is 4.79. The van der Waals surface area contributed by atoms with Gasteiger partial charge in [-0.2, -0.15) is 4.31 Å². The van der Waals surface area contributed by atoms with Crippen LogP contribution in [0.15, 0.2) is 29.2 Å². The summed E-state index contributed by atoms with van der Waals surface area (Å²) in [4.78, 5) is 0.289. The third-order valence-electron chi connectivity index (χ3n) is 2.45. The van der Waals surface area contributed by atoms with E-state index in [0.29, 0.717) is 5.02 Å². The maximum Gasteiger partial charge on any atom is 0.243 e. The summed E-state index contributed by atoms with van der Waals surface area (Å²) in [6, 6.07) is 5.40. The van der Waals surface area contributed by atoms with Crippen molar-refractivity contribution in [2.75, 3.05) is 7.05 Å². The molecule has 7 heteroatoms. The lowest BCUT2D eigenvalue weighted by Gasteiger charge is -2.23. The summed E-state index contributed by atoms with van der Waals surface area (Å²) in [7, 11) is -2.15. The Morgan fingerprint density at radius 3 is 2.29 bits per heavy atom. The van der Waals surface area contributed by atoms with Crippen molar-refractivity contribution in [3.63, 3.8) is 0 Å². The molecule has 1 aromatic rings. The second kappa shape index (κ2) is 5.30. The molecule has 0 fully saturated rings.